The lowest BCUT2D eigenvalue weighted by Gasteiger charge is -2.59. The third-order valence-electron chi connectivity index (χ3n) is 7.95. The van der Waals surface area contributed by atoms with Gasteiger partial charge in [-0.1, -0.05) is 18.0 Å². The standard InChI is InChI=1S/C20H34N5/c21-19-15-25(23-22-19,8-7-24-5-3-1-2-4-6-24)20-12-16-9-17(13-20)11-18(10-16)14-20/h15-18H,1-14,21H2/q+1. The highest BCUT2D eigenvalue weighted by atomic mass is 15.7. The summed E-state index contributed by atoms with van der Waals surface area (Å²) < 4.78 is 0.721. The van der Waals surface area contributed by atoms with Gasteiger partial charge in [0.1, 0.15) is 12.1 Å². The first-order chi connectivity index (χ1) is 12.2. The summed E-state index contributed by atoms with van der Waals surface area (Å²) in [5.41, 5.74) is 6.43. The monoisotopic (exact) mass is 344 g/mol. The van der Waals surface area contributed by atoms with E-state index in [0.717, 1.165) is 35.4 Å². The smallest absolute Gasteiger partial charge is 0.207 e. The summed E-state index contributed by atoms with van der Waals surface area (Å²) >= 11 is 0. The van der Waals surface area contributed by atoms with E-state index in [0.29, 0.717) is 11.4 Å². The van der Waals surface area contributed by atoms with Crippen LogP contribution in [0.2, 0.25) is 0 Å². The number of quaternary nitrogens is 1. The molecule has 0 radical (unpaired) electrons. The quantitative estimate of drug-likeness (QED) is 0.789. The lowest BCUT2D eigenvalue weighted by Crippen LogP contribution is -2.66. The first-order valence-electron chi connectivity index (χ1n) is 10.7. The second-order valence-electron chi connectivity index (χ2n) is 9.69. The molecule has 5 fully saturated rings. The van der Waals surface area contributed by atoms with Crippen LogP contribution < -0.4 is 5.73 Å². The van der Waals surface area contributed by atoms with Gasteiger partial charge < -0.3 is 5.73 Å². The summed E-state index contributed by atoms with van der Waals surface area (Å²) in [6.45, 7) is 4.73. The van der Waals surface area contributed by atoms with E-state index in [4.69, 9.17) is 11.0 Å². The fourth-order valence-electron chi connectivity index (χ4n) is 7.17. The van der Waals surface area contributed by atoms with Crippen molar-refractivity contribution in [2.24, 2.45) is 33.8 Å². The van der Waals surface area contributed by atoms with Crippen molar-refractivity contribution in [3.8, 4) is 0 Å². The molecule has 138 valence electrons. The Bertz CT molecular complexity index is 539. The number of nitrogens with two attached hydrogens (primary N) is 1. The molecule has 0 aromatic heterocycles. The summed E-state index contributed by atoms with van der Waals surface area (Å²) in [5, 5.41) is 9.21. The molecule has 5 heteroatoms. The molecular formula is C20H34N5+. The average Bonchev–Trinajstić information content (AvgIpc) is 2.79. The Hall–Kier alpha value is -0.940. The van der Waals surface area contributed by atoms with E-state index < -0.39 is 0 Å². The van der Waals surface area contributed by atoms with Crippen molar-refractivity contribution in [2.45, 2.75) is 69.7 Å². The summed E-state index contributed by atoms with van der Waals surface area (Å²) in [4.78, 5) is 2.67. The summed E-state index contributed by atoms with van der Waals surface area (Å²) in [6.07, 6.45) is 16.2. The molecule has 0 spiro atoms. The molecule has 0 aromatic rings. The van der Waals surface area contributed by atoms with Crippen LogP contribution in [0.3, 0.4) is 0 Å². The van der Waals surface area contributed by atoms with E-state index in [1.165, 1.54) is 77.3 Å². The van der Waals surface area contributed by atoms with Gasteiger partial charge in [-0.3, -0.25) is 4.90 Å². The van der Waals surface area contributed by atoms with Crippen LogP contribution in [0.15, 0.2) is 22.4 Å². The van der Waals surface area contributed by atoms with Crippen LogP contribution in [-0.4, -0.2) is 41.2 Å². The second kappa shape index (κ2) is 6.05. The molecule has 4 bridgehead atoms. The zero-order valence-corrected chi connectivity index (χ0v) is 15.6. The van der Waals surface area contributed by atoms with E-state index in [-0.39, 0.29) is 0 Å². The third-order valence-corrected chi connectivity index (χ3v) is 7.95. The molecule has 6 rings (SSSR count). The van der Waals surface area contributed by atoms with Crippen molar-refractivity contribution in [2.75, 3.05) is 26.2 Å². The Balaban J connectivity index is 1.39. The minimum Gasteiger partial charge on any atom is -0.378 e. The fraction of sp³-hybridized carbons (Fsp3) is 0.900. The molecule has 1 saturated heterocycles. The highest BCUT2D eigenvalue weighted by Gasteiger charge is 2.63. The first kappa shape index (κ1) is 16.2. The molecule has 5 nitrogen and oxygen atoms in total. The molecule has 0 amide bonds. The van der Waals surface area contributed by atoms with Gasteiger partial charge in [-0.05, 0) is 62.9 Å². The summed E-state index contributed by atoms with van der Waals surface area (Å²) in [6, 6.07) is 0. The average molecular weight is 345 g/mol. The molecule has 1 atom stereocenters. The van der Waals surface area contributed by atoms with Crippen LogP contribution in [0.5, 0.6) is 0 Å². The van der Waals surface area contributed by atoms with Crippen molar-refractivity contribution in [3.05, 3.63) is 12.0 Å². The minimum atomic E-state index is 0.297. The number of nitrogens with zero attached hydrogens (tertiary/aromatic N) is 4. The molecule has 6 aliphatic rings. The normalized spacial score (nSPS) is 46.4. The number of rotatable bonds is 4. The number of likely N-dealkylation sites (tertiary alicyclic amines) is 1. The number of hydrogen-bond acceptors (Lipinski definition) is 4. The Kier molecular flexibility index (Phi) is 3.93. The molecule has 2 aliphatic heterocycles. The Morgan fingerprint density at radius 1 is 1.00 bits per heavy atom. The molecule has 1 unspecified atom stereocenters. The summed E-state index contributed by atoms with van der Waals surface area (Å²) in [7, 11) is 0. The Morgan fingerprint density at radius 3 is 2.12 bits per heavy atom. The van der Waals surface area contributed by atoms with Crippen LogP contribution in [0.4, 0.5) is 0 Å². The van der Waals surface area contributed by atoms with E-state index in [1.807, 2.05) is 0 Å². The molecular weight excluding hydrogens is 310 g/mol. The topological polar surface area (TPSA) is 54.0 Å². The van der Waals surface area contributed by atoms with Gasteiger partial charge in [-0.2, -0.15) is 0 Å². The van der Waals surface area contributed by atoms with Crippen molar-refractivity contribution >= 4 is 0 Å². The zero-order chi connectivity index (χ0) is 16.9. The molecule has 2 heterocycles. The lowest BCUT2D eigenvalue weighted by molar-refractivity contribution is -0.944. The molecule has 4 aliphatic carbocycles. The van der Waals surface area contributed by atoms with Gasteiger partial charge in [0.25, 0.3) is 0 Å². The summed E-state index contributed by atoms with van der Waals surface area (Å²) in [5.74, 6) is 3.45. The third kappa shape index (κ3) is 2.74. The van der Waals surface area contributed by atoms with Crippen molar-refractivity contribution in [3.63, 3.8) is 0 Å². The SMILES string of the molecule is NC1=C[N+](CCN2CCCCCC2)(C23CC4CC(CC(C4)C2)C3)N=N1. The van der Waals surface area contributed by atoms with Gasteiger partial charge in [0, 0.05) is 24.5 Å². The van der Waals surface area contributed by atoms with Gasteiger partial charge in [0.05, 0.1) is 6.54 Å². The molecule has 25 heavy (non-hydrogen) atoms. The lowest BCUT2D eigenvalue weighted by atomic mass is 9.52. The number of hydrogen-bond donors (Lipinski definition) is 1. The predicted octanol–water partition coefficient (Wildman–Crippen LogP) is 3.79. The Labute approximate surface area is 151 Å². The van der Waals surface area contributed by atoms with Crippen LogP contribution in [0, 0.1) is 17.8 Å². The van der Waals surface area contributed by atoms with Gasteiger partial charge in [-0.25, -0.2) is 0 Å². The zero-order valence-electron chi connectivity index (χ0n) is 15.6. The predicted molar refractivity (Wildman–Crippen MR) is 98.1 cm³/mol. The van der Waals surface area contributed by atoms with E-state index in [1.54, 1.807) is 0 Å². The molecule has 4 saturated carbocycles. The van der Waals surface area contributed by atoms with Crippen molar-refractivity contribution in [1.29, 1.82) is 0 Å². The van der Waals surface area contributed by atoms with Crippen LogP contribution in [0.1, 0.15) is 64.2 Å². The van der Waals surface area contributed by atoms with Gasteiger partial charge >= 0.3 is 0 Å². The van der Waals surface area contributed by atoms with E-state index in [9.17, 15) is 0 Å². The van der Waals surface area contributed by atoms with E-state index in [2.05, 4.69) is 16.2 Å². The van der Waals surface area contributed by atoms with E-state index >= 15 is 0 Å². The maximum atomic E-state index is 6.13. The van der Waals surface area contributed by atoms with Crippen LogP contribution in [0.25, 0.3) is 0 Å². The first-order valence-corrected chi connectivity index (χ1v) is 10.7. The Morgan fingerprint density at radius 2 is 1.60 bits per heavy atom. The largest absolute Gasteiger partial charge is 0.378 e. The second-order valence-corrected chi connectivity index (χ2v) is 9.69. The maximum Gasteiger partial charge on any atom is 0.207 e. The molecule has 0 aromatic carbocycles. The minimum absolute atomic E-state index is 0.297. The molecule has 2 N–H and O–H groups in total. The highest BCUT2D eigenvalue weighted by Crippen LogP contribution is 2.60. The van der Waals surface area contributed by atoms with Crippen molar-refractivity contribution in [1.82, 2.24) is 4.90 Å². The highest BCUT2D eigenvalue weighted by molar-refractivity contribution is 5.06. The fourth-order valence-corrected chi connectivity index (χ4v) is 7.17. The van der Waals surface area contributed by atoms with Gasteiger partial charge in [0.15, 0.2) is 6.20 Å². The maximum absolute atomic E-state index is 6.13. The van der Waals surface area contributed by atoms with Crippen molar-refractivity contribution < 1.29 is 4.59 Å². The van der Waals surface area contributed by atoms with Crippen LogP contribution in [-0.2, 0) is 0 Å². The van der Waals surface area contributed by atoms with Gasteiger partial charge in [-0.15, -0.1) is 4.59 Å². The van der Waals surface area contributed by atoms with Crippen LogP contribution >= 0.6 is 0 Å². The van der Waals surface area contributed by atoms with Gasteiger partial charge in [0.2, 0.25) is 5.82 Å².